The summed E-state index contributed by atoms with van der Waals surface area (Å²) in [6.07, 6.45) is 1.80. The molecule has 3 aromatic rings. The molecular formula is C22H27N3O. The minimum atomic E-state index is -0.141. The molecule has 0 saturated heterocycles. The molecule has 26 heavy (non-hydrogen) atoms. The lowest BCUT2D eigenvalue weighted by Gasteiger charge is -2.24. The van der Waals surface area contributed by atoms with Crippen molar-refractivity contribution in [3.63, 3.8) is 0 Å². The van der Waals surface area contributed by atoms with Gasteiger partial charge in [0.1, 0.15) is 5.82 Å². The van der Waals surface area contributed by atoms with E-state index < -0.39 is 0 Å². The number of imidazole rings is 1. The lowest BCUT2D eigenvalue weighted by Crippen LogP contribution is -2.36. The summed E-state index contributed by atoms with van der Waals surface area (Å²) in [5.74, 6) is 0.986. The summed E-state index contributed by atoms with van der Waals surface area (Å²) < 4.78 is 0. The molecule has 1 amide bonds. The topological polar surface area (TPSA) is 57.8 Å². The van der Waals surface area contributed by atoms with Gasteiger partial charge in [0.15, 0.2) is 0 Å². The molecule has 0 unspecified atom stereocenters. The van der Waals surface area contributed by atoms with Crippen molar-refractivity contribution in [1.29, 1.82) is 0 Å². The molecule has 0 radical (unpaired) electrons. The SMILES string of the molecule is CCC[C@@H](C(=O)N[C@H](c1nc2ccccc2[nH]1)C(C)C)c1ccccc1. The van der Waals surface area contributed by atoms with E-state index in [1.54, 1.807) is 0 Å². The van der Waals surface area contributed by atoms with Gasteiger partial charge in [-0.25, -0.2) is 4.98 Å². The van der Waals surface area contributed by atoms with E-state index in [0.717, 1.165) is 35.3 Å². The number of hydrogen-bond acceptors (Lipinski definition) is 2. The summed E-state index contributed by atoms with van der Waals surface area (Å²) >= 11 is 0. The number of rotatable bonds is 7. The van der Waals surface area contributed by atoms with Crippen molar-refractivity contribution in [3.05, 3.63) is 66.0 Å². The van der Waals surface area contributed by atoms with E-state index in [-0.39, 0.29) is 23.8 Å². The van der Waals surface area contributed by atoms with Crippen LogP contribution in [0, 0.1) is 5.92 Å². The molecule has 1 aromatic heterocycles. The van der Waals surface area contributed by atoms with Crippen molar-refractivity contribution in [3.8, 4) is 0 Å². The van der Waals surface area contributed by atoms with E-state index in [0.29, 0.717) is 0 Å². The Hall–Kier alpha value is -2.62. The van der Waals surface area contributed by atoms with Crippen LogP contribution < -0.4 is 5.32 Å². The molecule has 4 heteroatoms. The fourth-order valence-electron chi connectivity index (χ4n) is 3.35. The highest BCUT2D eigenvalue weighted by atomic mass is 16.2. The van der Waals surface area contributed by atoms with Gasteiger partial charge in [-0.15, -0.1) is 0 Å². The van der Waals surface area contributed by atoms with Crippen molar-refractivity contribution < 1.29 is 4.79 Å². The van der Waals surface area contributed by atoms with E-state index in [4.69, 9.17) is 4.98 Å². The summed E-state index contributed by atoms with van der Waals surface area (Å²) in [5, 5.41) is 3.24. The highest BCUT2D eigenvalue weighted by Crippen LogP contribution is 2.26. The molecule has 0 aliphatic rings. The molecule has 0 fully saturated rings. The first-order valence-electron chi connectivity index (χ1n) is 9.40. The van der Waals surface area contributed by atoms with Crippen LogP contribution in [-0.2, 0) is 4.79 Å². The first kappa shape index (κ1) is 18.2. The second-order valence-corrected chi connectivity index (χ2v) is 7.12. The largest absolute Gasteiger partial charge is 0.345 e. The van der Waals surface area contributed by atoms with E-state index in [1.807, 2.05) is 54.6 Å². The normalized spacial score (nSPS) is 13.7. The van der Waals surface area contributed by atoms with E-state index in [1.165, 1.54) is 0 Å². The molecule has 0 aliphatic carbocycles. The van der Waals surface area contributed by atoms with Crippen molar-refractivity contribution in [2.45, 2.75) is 45.6 Å². The van der Waals surface area contributed by atoms with E-state index in [2.05, 4.69) is 31.1 Å². The highest BCUT2D eigenvalue weighted by molar-refractivity contribution is 5.84. The molecule has 2 aromatic carbocycles. The fourth-order valence-corrected chi connectivity index (χ4v) is 3.35. The van der Waals surface area contributed by atoms with Crippen LogP contribution in [0.15, 0.2) is 54.6 Å². The highest BCUT2D eigenvalue weighted by Gasteiger charge is 2.26. The van der Waals surface area contributed by atoms with Gasteiger partial charge in [-0.05, 0) is 30.0 Å². The van der Waals surface area contributed by atoms with Crippen LogP contribution in [0.4, 0.5) is 0 Å². The summed E-state index contributed by atoms with van der Waals surface area (Å²) in [7, 11) is 0. The number of amides is 1. The van der Waals surface area contributed by atoms with Gasteiger partial charge in [0.25, 0.3) is 0 Å². The smallest absolute Gasteiger partial charge is 0.228 e. The van der Waals surface area contributed by atoms with Gasteiger partial charge >= 0.3 is 0 Å². The van der Waals surface area contributed by atoms with Crippen molar-refractivity contribution in [2.24, 2.45) is 5.92 Å². The number of fused-ring (bicyclic) bond motifs is 1. The minimum Gasteiger partial charge on any atom is -0.345 e. The van der Waals surface area contributed by atoms with E-state index in [9.17, 15) is 4.79 Å². The molecule has 4 nitrogen and oxygen atoms in total. The quantitative estimate of drug-likeness (QED) is 0.633. The average molecular weight is 349 g/mol. The Morgan fingerprint density at radius 3 is 2.42 bits per heavy atom. The third kappa shape index (κ3) is 3.96. The molecular weight excluding hydrogens is 322 g/mol. The van der Waals surface area contributed by atoms with Gasteiger partial charge in [-0.1, -0.05) is 69.7 Å². The summed E-state index contributed by atoms with van der Waals surface area (Å²) in [6.45, 7) is 6.33. The predicted octanol–water partition coefficient (Wildman–Crippen LogP) is 4.96. The van der Waals surface area contributed by atoms with E-state index >= 15 is 0 Å². The number of aromatic nitrogens is 2. The Balaban J connectivity index is 1.85. The van der Waals surface area contributed by atoms with Crippen LogP contribution in [0.1, 0.15) is 57.0 Å². The van der Waals surface area contributed by atoms with Gasteiger partial charge in [0, 0.05) is 0 Å². The first-order chi connectivity index (χ1) is 12.6. The average Bonchev–Trinajstić information content (AvgIpc) is 3.08. The zero-order valence-electron chi connectivity index (χ0n) is 15.7. The predicted molar refractivity (Wildman–Crippen MR) is 106 cm³/mol. The number of carbonyl (C=O) groups excluding carboxylic acids is 1. The number of benzene rings is 2. The number of nitrogens with one attached hydrogen (secondary N) is 2. The van der Waals surface area contributed by atoms with Gasteiger partial charge < -0.3 is 10.3 Å². The number of para-hydroxylation sites is 2. The van der Waals surface area contributed by atoms with Crippen LogP contribution >= 0.6 is 0 Å². The van der Waals surface area contributed by atoms with Crippen LogP contribution in [0.3, 0.4) is 0 Å². The minimum absolute atomic E-state index is 0.0669. The second kappa shape index (κ2) is 8.17. The van der Waals surface area contributed by atoms with Crippen LogP contribution in [0.2, 0.25) is 0 Å². The van der Waals surface area contributed by atoms with Gasteiger partial charge in [-0.3, -0.25) is 4.79 Å². The molecule has 0 saturated carbocycles. The number of aromatic amines is 1. The molecule has 2 N–H and O–H groups in total. The number of H-pyrrole nitrogens is 1. The molecule has 136 valence electrons. The van der Waals surface area contributed by atoms with Crippen molar-refractivity contribution in [2.75, 3.05) is 0 Å². The van der Waals surface area contributed by atoms with Crippen LogP contribution in [0.25, 0.3) is 11.0 Å². The third-order valence-corrected chi connectivity index (χ3v) is 4.76. The number of hydrogen-bond donors (Lipinski definition) is 2. The maximum absolute atomic E-state index is 13.1. The Labute approximate surface area is 155 Å². The van der Waals surface area contributed by atoms with Crippen LogP contribution in [0.5, 0.6) is 0 Å². The molecule has 0 spiro atoms. The summed E-state index contributed by atoms with van der Waals surface area (Å²) in [5.41, 5.74) is 2.99. The maximum atomic E-state index is 13.1. The first-order valence-corrected chi connectivity index (χ1v) is 9.40. The molecule has 0 aliphatic heterocycles. The van der Waals surface area contributed by atoms with Crippen molar-refractivity contribution >= 4 is 16.9 Å². The molecule has 3 rings (SSSR count). The van der Waals surface area contributed by atoms with Gasteiger partial charge in [0.2, 0.25) is 5.91 Å². The Bertz CT molecular complexity index is 821. The zero-order valence-corrected chi connectivity index (χ0v) is 15.7. The van der Waals surface area contributed by atoms with Gasteiger partial charge in [0.05, 0.1) is 23.0 Å². The lowest BCUT2D eigenvalue weighted by molar-refractivity contribution is -0.123. The number of nitrogens with zero attached hydrogens (tertiary/aromatic N) is 1. The fraction of sp³-hybridized carbons (Fsp3) is 0.364. The van der Waals surface area contributed by atoms with Gasteiger partial charge in [-0.2, -0.15) is 0 Å². The Morgan fingerprint density at radius 2 is 1.77 bits per heavy atom. The summed E-state index contributed by atoms with van der Waals surface area (Å²) in [4.78, 5) is 21.1. The maximum Gasteiger partial charge on any atom is 0.228 e. The summed E-state index contributed by atoms with van der Waals surface area (Å²) in [6, 6.07) is 17.8. The standard InChI is InChI=1S/C22H27N3O/c1-4-10-17(16-11-6-5-7-12-16)22(26)25-20(15(2)3)21-23-18-13-8-9-14-19(18)24-21/h5-9,11-15,17,20H,4,10H2,1-3H3,(H,23,24)(H,25,26)/t17-,20+/m1/s1. The third-order valence-electron chi connectivity index (χ3n) is 4.76. The Morgan fingerprint density at radius 1 is 1.08 bits per heavy atom. The zero-order chi connectivity index (χ0) is 18.5. The second-order valence-electron chi connectivity index (χ2n) is 7.12. The lowest BCUT2D eigenvalue weighted by atomic mass is 9.92. The molecule has 1 heterocycles. The van der Waals surface area contributed by atoms with Crippen molar-refractivity contribution in [1.82, 2.24) is 15.3 Å². The molecule has 0 bridgehead atoms. The molecule has 2 atom stereocenters. The monoisotopic (exact) mass is 349 g/mol. The number of carbonyl (C=O) groups is 1. The van der Waals surface area contributed by atoms with Crippen LogP contribution in [-0.4, -0.2) is 15.9 Å². The Kier molecular flexibility index (Phi) is 5.71.